The largest absolute Gasteiger partial charge is 0.351 e. The number of benzene rings is 1. The second-order valence-electron chi connectivity index (χ2n) is 4.59. The van der Waals surface area contributed by atoms with Gasteiger partial charge in [0.05, 0.1) is 17.5 Å². The van der Waals surface area contributed by atoms with Crippen molar-refractivity contribution in [3.05, 3.63) is 66.5 Å². The maximum absolute atomic E-state index is 11.9. The molecule has 4 nitrogen and oxygen atoms in total. The van der Waals surface area contributed by atoms with Gasteiger partial charge in [0, 0.05) is 12.7 Å². The lowest BCUT2D eigenvalue weighted by Gasteiger charge is -2.05. The van der Waals surface area contributed by atoms with Crippen LogP contribution in [-0.2, 0) is 11.3 Å². The van der Waals surface area contributed by atoms with Crippen molar-refractivity contribution in [3.8, 4) is 0 Å². The van der Waals surface area contributed by atoms with Crippen LogP contribution in [0.4, 0.5) is 0 Å². The van der Waals surface area contributed by atoms with Crippen molar-refractivity contribution in [2.75, 3.05) is 5.75 Å². The molecule has 1 N–H and O–H groups in total. The SMILES string of the molecule is O=C(CSc1ncc2ccccn12)NCc1ccccc1. The highest BCUT2D eigenvalue weighted by Crippen LogP contribution is 2.17. The Kier molecular flexibility index (Phi) is 4.21. The fraction of sp³-hybridized carbons (Fsp3) is 0.125. The summed E-state index contributed by atoms with van der Waals surface area (Å²) in [4.78, 5) is 16.2. The van der Waals surface area contributed by atoms with Gasteiger partial charge in [-0.25, -0.2) is 4.98 Å². The van der Waals surface area contributed by atoms with E-state index in [2.05, 4.69) is 10.3 Å². The van der Waals surface area contributed by atoms with Gasteiger partial charge in [-0.3, -0.25) is 9.20 Å². The molecule has 2 aromatic heterocycles. The molecule has 0 bridgehead atoms. The van der Waals surface area contributed by atoms with E-state index in [1.807, 2.05) is 65.3 Å². The molecular weight excluding hydrogens is 282 g/mol. The average molecular weight is 297 g/mol. The molecule has 3 aromatic rings. The van der Waals surface area contributed by atoms with Crippen molar-refractivity contribution >= 4 is 23.2 Å². The monoisotopic (exact) mass is 297 g/mol. The molecular formula is C16H15N3OS. The Balaban J connectivity index is 1.54. The van der Waals surface area contributed by atoms with Crippen LogP contribution in [-0.4, -0.2) is 21.0 Å². The fourth-order valence-corrected chi connectivity index (χ4v) is 2.80. The lowest BCUT2D eigenvalue weighted by molar-refractivity contribution is -0.118. The third-order valence-corrected chi connectivity index (χ3v) is 4.04. The van der Waals surface area contributed by atoms with E-state index in [0.29, 0.717) is 12.3 Å². The normalized spacial score (nSPS) is 10.7. The summed E-state index contributed by atoms with van der Waals surface area (Å²) in [5.41, 5.74) is 2.13. The van der Waals surface area contributed by atoms with Gasteiger partial charge >= 0.3 is 0 Å². The summed E-state index contributed by atoms with van der Waals surface area (Å²) in [5, 5.41) is 3.75. The fourth-order valence-electron chi connectivity index (χ4n) is 2.00. The van der Waals surface area contributed by atoms with Crippen molar-refractivity contribution < 1.29 is 4.79 Å². The Hall–Kier alpha value is -2.27. The highest BCUT2D eigenvalue weighted by atomic mass is 32.2. The van der Waals surface area contributed by atoms with Crippen LogP contribution in [0.2, 0.25) is 0 Å². The number of nitrogens with one attached hydrogen (secondary N) is 1. The van der Waals surface area contributed by atoms with Crippen molar-refractivity contribution in [2.24, 2.45) is 0 Å². The third kappa shape index (κ3) is 3.44. The Bertz CT molecular complexity index is 739. The summed E-state index contributed by atoms with van der Waals surface area (Å²) in [6, 6.07) is 15.8. The molecule has 5 heteroatoms. The molecule has 0 aliphatic heterocycles. The summed E-state index contributed by atoms with van der Waals surface area (Å²) in [7, 11) is 0. The first-order chi connectivity index (χ1) is 10.3. The van der Waals surface area contributed by atoms with Crippen LogP contribution >= 0.6 is 11.8 Å². The van der Waals surface area contributed by atoms with Crippen LogP contribution in [0.15, 0.2) is 66.1 Å². The Morgan fingerprint density at radius 1 is 1.14 bits per heavy atom. The molecule has 0 fully saturated rings. The first kappa shape index (κ1) is 13.7. The highest BCUT2D eigenvalue weighted by Gasteiger charge is 2.07. The molecule has 0 saturated heterocycles. The first-order valence-corrected chi connectivity index (χ1v) is 7.67. The number of amides is 1. The minimum atomic E-state index is 0.0107. The minimum absolute atomic E-state index is 0.0107. The zero-order valence-corrected chi connectivity index (χ0v) is 12.2. The number of rotatable bonds is 5. The van der Waals surface area contributed by atoms with Gasteiger partial charge < -0.3 is 5.32 Å². The van der Waals surface area contributed by atoms with Crippen molar-refractivity contribution in [2.45, 2.75) is 11.7 Å². The zero-order chi connectivity index (χ0) is 14.5. The van der Waals surface area contributed by atoms with Gasteiger partial charge in [-0.15, -0.1) is 0 Å². The summed E-state index contributed by atoms with van der Waals surface area (Å²) in [6.07, 6.45) is 3.76. The maximum Gasteiger partial charge on any atom is 0.230 e. The lowest BCUT2D eigenvalue weighted by Crippen LogP contribution is -2.24. The van der Waals surface area contributed by atoms with Gasteiger partial charge in [0.15, 0.2) is 5.16 Å². The van der Waals surface area contributed by atoms with E-state index < -0.39 is 0 Å². The van der Waals surface area contributed by atoms with E-state index in [4.69, 9.17) is 0 Å². The van der Waals surface area contributed by atoms with Crippen molar-refractivity contribution in [1.29, 1.82) is 0 Å². The lowest BCUT2D eigenvalue weighted by atomic mass is 10.2. The second-order valence-corrected chi connectivity index (χ2v) is 5.53. The standard InChI is InChI=1S/C16H15N3OS/c20-15(17-10-13-6-2-1-3-7-13)12-21-16-18-11-14-8-4-5-9-19(14)16/h1-9,11H,10,12H2,(H,17,20). The van der Waals surface area contributed by atoms with Crippen molar-refractivity contribution in [3.63, 3.8) is 0 Å². The van der Waals surface area contributed by atoms with Crippen LogP contribution in [0.25, 0.3) is 5.52 Å². The number of carbonyl (C=O) groups is 1. The van der Waals surface area contributed by atoms with Gasteiger partial charge in [-0.1, -0.05) is 48.2 Å². The number of thioether (sulfide) groups is 1. The maximum atomic E-state index is 11.9. The predicted octanol–water partition coefficient (Wildman–Crippen LogP) is 2.74. The molecule has 0 aliphatic rings. The van der Waals surface area contributed by atoms with E-state index in [1.165, 1.54) is 11.8 Å². The average Bonchev–Trinajstić information content (AvgIpc) is 2.95. The molecule has 106 valence electrons. The molecule has 0 saturated carbocycles. The van der Waals surface area contributed by atoms with Gasteiger partial charge in [-0.2, -0.15) is 0 Å². The number of imidazole rings is 1. The molecule has 0 radical (unpaired) electrons. The molecule has 0 unspecified atom stereocenters. The number of pyridine rings is 1. The Labute approximate surface area is 127 Å². The Morgan fingerprint density at radius 2 is 1.95 bits per heavy atom. The van der Waals surface area contributed by atoms with E-state index in [0.717, 1.165) is 16.2 Å². The number of hydrogen-bond acceptors (Lipinski definition) is 3. The van der Waals surface area contributed by atoms with Gasteiger partial charge in [0.1, 0.15) is 0 Å². The number of nitrogens with zero attached hydrogens (tertiary/aromatic N) is 2. The van der Waals surface area contributed by atoms with Gasteiger partial charge in [-0.05, 0) is 17.7 Å². The molecule has 1 aromatic carbocycles. The molecule has 3 rings (SSSR count). The van der Waals surface area contributed by atoms with Gasteiger partial charge in [0.2, 0.25) is 5.91 Å². The summed E-state index contributed by atoms with van der Waals surface area (Å²) < 4.78 is 1.98. The number of hydrogen-bond donors (Lipinski definition) is 1. The molecule has 21 heavy (non-hydrogen) atoms. The number of carbonyl (C=O) groups excluding carboxylic acids is 1. The minimum Gasteiger partial charge on any atom is -0.351 e. The molecule has 1 amide bonds. The smallest absolute Gasteiger partial charge is 0.230 e. The van der Waals surface area contributed by atoms with Crippen LogP contribution in [0.5, 0.6) is 0 Å². The zero-order valence-electron chi connectivity index (χ0n) is 11.4. The quantitative estimate of drug-likeness (QED) is 0.737. The number of aromatic nitrogens is 2. The van der Waals surface area contributed by atoms with Crippen LogP contribution in [0.3, 0.4) is 0 Å². The predicted molar refractivity (Wildman–Crippen MR) is 84.2 cm³/mol. The van der Waals surface area contributed by atoms with E-state index >= 15 is 0 Å². The summed E-state index contributed by atoms with van der Waals surface area (Å²) >= 11 is 1.44. The van der Waals surface area contributed by atoms with E-state index in [1.54, 1.807) is 0 Å². The highest BCUT2D eigenvalue weighted by molar-refractivity contribution is 7.99. The third-order valence-electron chi connectivity index (χ3n) is 3.07. The molecule has 2 heterocycles. The van der Waals surface area contributed by atoms with E-state index in [-0.39, 0.29) is 5.91 Å². The second kappa shape index (κ2) is 6.45. The Morgan fingerprint density at radius 3 is 2.81 bits per heavy atom. The van der Waals surface area contributed by atoms with Crippen LogP contribution < -0.4 is 5.32 Å². The molecule has 0 atom stereocenters. The van der Waals surface area contributed by atoms with E-state index in [9.17, 15) is 4.79 Å². The first-order valence-electron chi connectivity index (χ1n) is 6.68. The van der Waals surface area contributed by atoms with Gasteiger partial charge in [0.25, 0.3) is 0 Å². The molecule has 0 spiro atoms. The topological polar surface area (TPSA) is 46.4 Å². The molecule has 0 aliphatic carbocycles. The van der Waals surface area contributed by atoms with Crippen LogP contribution in [0, 0.1) is 0 Å². The van der Waals surface area contributed by atoms with Crippen molar-refractivity contribution in [1.82, 2.24) is 14.7 Å². The summed E-state index contributed by atoms with van der Waals surface area (Å²) in [6.45, 7) is 0.558. The number of fused-ring (bicyclic) bond motifs is 1. The van der Waals surface area contributed by atoms with Crippen LogP contribution in [0.1, 0.15) is 5.56 Å². The summed E-state index contributed by atoms with van der Waals surface area (Å²) in [5.74, 6) is 0.373.